The molecule has 0 unspecified atom stereocenters. The van der Waals surface area contributed by atoms with Crippen molar-refractivity contribution in [3.63, 3.8) is 0 Å². The SMILES string of the molecule is CCn1c(=O)sc2cc(NC(=O)[C@H](C)Oc3ccc(C)cc3)ccc21. The minimum Gasteiger partial charge on any atom is -0.481 e. The summed E-state index contributed by atoms with van der Waals surface area (Å²) in [5.74, 6) is 0.420. The Morgan fingerprint density at radius 1 is 1.24 bits per heavy atom. The summed E-state index contributed by atoms with van der Waals surface area (Å²) in [6, 6.07) is 13.0. The van der Waals surface area contributed by atoms with Crippen LogP contribution in [0.15, 0.2) is 47.3 Å². The van der Waals surface area contributed by atoms with Crippen LogP contribution >= 0.6 is 11.3 Å². The molecule has 0 bridgehead atoms. The van der Waals surface area contributed by atoms with Gasteiger partial charge in [0.1, 0.15) is 5.75 Å². The van der Waals surface area contributed by atoms with Crippen molar-refractivity contribution < 1.29 is 9.53 Å². The van der Waals surface area contributed by atoms with Crippen LogP contribution in [0.1, 0.15) is 19.4 Å². The lowest BCUT2D eigenvalue weighted by molar-refractivity contribution is -0.122. The number of carbonyl (C=O) groups is 1. The first-order valence-corrected chi connectivity index (χ1v) is 8.97. The minimum atomic E-state index is -0.627. The van der Waals surface area contributed by atoms with E-state index in [1.165, 1.54) is 11.3 Å². The van der Waals surface area contributed by atoms with Crippen LogP contribution in [-0.4, -0.2) is 16.6 Å². The molecular weight excluding hydrogens is 336 g/mol. The third-order valence-corrected chi connectivity index (χ3v) is 4.90. The maximum atomic E-state index is 12.3. The number of hydrogen-bond donors (Lipinski definition) is 1. The Hall–Kier alpha value is -2.60. The number of fused-ring (bicyclic) bond motifs is 1. The summed E-state index contributed by atoms with van der Waals surface area (Å²) in [6.07, 6.45) is -0.627. The molecule has 0 radical (unpaired) electrons. The van der Waals surface area contributed by atoms with Gasteiger partial charge in [0.05, 0.1) is 10.2 Å². The molecule has 0 saturated heterocycles. The largest absolute Gasteiger partial charge is 0.481 e. The number of aromatic nitrogens is 1. The Bertz CT molecular complexity index is 957. The third kappa shape index (κ3) is 3.74. The monoisotopic (exact) mass is 356 g/mol. The second-order valence-corrected chi connectivity index (χ2v) is 6.85. The number of nitrogens with one attached hydrogen (secondary N) is 1. The van der Waals surface area contributed by atoms with E-state index in [1.807, 2.05) is 50.2 Å². The molecule has 1 heterocycles. The van der Waals surface area contributed by atoms with E-state index in [1.54, 1.807) is 17.6 Å². The fourth-order valence-corrected chi connectivity index (χ4v) is 3.56. The van der Waals surface area contributed by atoms with Crippen LogP contribution in [0, 0.1) is 6.92 Å². The Kier molecular flexibility index (Phi) is 4.90. The van der Waals surface area contributed by atoms with Gasteiger partial charge in [-0.3, -0.25) is 14.2 Å². The molecule has 0 fully saturated rings. The van der Waals surface area contributed by atoms with Crippen LogP contribution in [0.4, 0.5) is 5.69 Å². The first-order valence-electron chi connectivity index (χ1n) is 8.15. The van der Waals surface area contributed by atoms with Gasteiger partial charge in [-0.1, -0.05) is 29.0 Å². The lowest BCUT2D eigenvalue weighted by Gasteiger charge is -2.15. The highest BCUT2D eigenvalue weighted by Crippen LogP contribution is 2.22. The van der Waals surface area contributed by atoms with E-state index >= 15 is 0 Å². The van der Waals surface area contributed by atoms with Gasteiger partial charge in [0.2, 0.25) is 0 Å². The summed E-state index contributed by atoms with van der Waals surface area (Å²) in [5, 5.41) is 2.84. The van der Waals surface area contributed by atoms with Gasteiger partial charge in [0.15, 0.2) is 6.10 Å². The molecule has 130 valence electrons. The number of carbonyl (C=O) groups excluding carboxylic acids is 1. The van der Waals surface area contributed by atoms with E-state index < -0.39 is 6.10 Å². The minimum absolute atomic E-state index is 0.0112. The van der Waals surface area contributed by atoms with Gasteiger partial charge in [-0.15, -0.1) is 0 Å². The molecule has 3 aromatic rings. The van der Waals surface area contributed by atoms with E-state index in [9.17, 15) is 9.59 Å². The number of nitrogens with zero attached hydrogens (tertiary/aromatic N) is 1. The molecule has 3 rings (SSSR count). The van der Waals surface area contributed by atoms with Crippen molar-refractivity contribution in [1.29, 1.82) is 0 Å². The summed E-state index contributed by atoms with van der Waals surface area (Å²) in [5.41, 5.74) is 2.68. The van der Waals surface area contributed by atoms with E-state index in [-0.39, 0.29) is 10.8 Å². The zero-order valence-corrected chi connectivity index (χ0v) is 15.2. The van der Waals surface area contributed by atoms with Gasteiger partial charge in [0, 0.05) is 12.2 Å². The van der Waals surface area contributed by atoms with Crippen LogP contribution < -0.4 is 14.9 Å². The van der Waals surface area contributed by atoms with Crippen LogP contribution in [0.5, 0.6) is 5.75 Å². The summed E-state index contributed by atoms with van der Waals surface area (Å²) in [7, 11) is 0. The molecule has 0 aliphatic heterocycles. The Morgan fingerprint density at radius 3 is 2.64 bits per heavy atom. The third-order valence-electron chi connectivity index (χ3n) is 3.96. The van der Waals surface area contributed by atoms with Crippen molar-refractivity contribution in [2.45, 2.75) is 33.4 Å². The number of thiazole rings is 1. The van der Waals surface area contributed by atoms with Crippen molar-refractivity contribution in [1.82, 2.24) is 4.57 Å². The average molecular weight is 356 g/mol. The lowest BCUT2D eigenvalue weighted by atomic mass is 10.2. The first kappa shape index (κ1) is 17.2. The van der Waals surface area contributed by atoms with Gasteiger partial charge in [0.25, 0.3) is 5.91 Å². The van der Waals surface area contributed by atoms with Gasteiger partial charge >= 0.3 is 4.87 Å². The molecule has 1 atom stereocenters. The molecule has 25 heavy (non-hydrogen) atoms. The normalized spacial score (nSPS) is 12.1. The smallest absolute Gasteiger partial charge is 0.308 e. The predicted octanol–water partition coefficient (Wildman–Crippen LogP) is 3.80. The highest BCUT2D eigenvalue weighted by atomic mass is 32.1. The Labute approximate surface area is 149 Å². The molecule has 2 aromatic carbocycles. The number of anilines is 1. The van der Waals surface area contributed by atoms with E-state index in [2.05, 4.69) is 5.32 Å². The van der Waals surface area contributed by atoms with Gasteiger partial charge < -0.3 is 10.1 Å². The fraction of sp³-hybridized carbons (Fsp3) is 0.263. The van der Waals surface area contributed by atoms with E-state index in [0.29, 0.717) is 18.0 Å². The number of ether oxygens (including phenoxy) is 1. The maximum absolute atomic E-state index is 12.3. The summed E-state index contributed by atoms with van der Waals surface area (Å²) >= 11 is 1.18. The molecule has 0 aliphatic rings. The van der Waals surface area contributed by atoms with Crippen molar-refractivity contribution in [3.05, 3.63) is 57.7 Å². The lowest BCUT2D eigenvalue weighted by Crippen LogP contribution is -2.30. The summed E-state index contributed by atoms with van der Waals surface area (Å²) < 4.78 is 8.24. The Morgan fingerprint density at radius 2 is 1.96 bits per heavy atom. The second-order valence-electron chi connectivity index (χ2n) is 5.86. The molecule has 0 aliphatic carbocycles. The van der Waals surface area contributed by atoms with Gasteiger partial charge in [-0.25, -0.2) is 0 Å². The van der Waals surface area contributed by atoms with Gasteiger partial charge in [-0.2, -0.15) is 0 Å². The topological polar surface area (TPSA) is 60.3 Å². The molecule has 6 heteroatoms. The van der Waals surface area contributed by atoms with Crippen molar-refractivity contribution in [2.24, 2.45) is 0 Å². The maximum Gasteiger partial charge on any atom is 0.308 e. The van der Waals surface area contributed by atoms with E-state index in [0.717, 1.165) is 15.8 Å². The van der Waals surface area contributed by atoms with Crippen LogP contribution in [0.3, 0.4) is 0 Å². The quantitative estimate of drug-likeness (QED) is 0.756. The molecule has 1 amide bonds. The second kappa shape index (κ2) is 7.11. The number of amides is 1. The summed E-state index contributed by atoms with van der Waals surface area (Å²) in [4.78, 5) is 24.3. The number of hydrogen-bond acceptors (Lipinski definition) is 4. The zero-order chi connectivity index (χ0) is 18.0. The fourth-order valence-electron chi connectivity index (χ4n) is 2.56. The van der Waals surface area contributed by atoms with Crippen LogP contribution in [-0.2, 0) is 11.3 Å². The van der Waals surface area contributed by atoms with Crippen LogP contribution in [0.2, 0.25) is 0 Å². The highest BCUT2D eigenvalue weighted by molar-refractivity contribution is 7.16. The predicted molar refractivity (Wildman–Crippen MR) is 102 cm³/mol. The molecule has 1 aromatic heterocycles. The van der Waals surface area contributed by atoms with E-state index in [4.69, 9.17) is 4.74 Å². The van der Waals surface area contributed by atoms with Gasteiger partial charge in [-0.05, 0) is 51.1 Å². The molecule has 0 saturated carbocycles. The molecular formula is C19H20N2O3S. The first-order chi connectivity index (χ1) is 12.0. The molecule has 0 spiro atoms. The van der Waals surface area contributed by atoms with Crippen LogP contribution in [0.25, 0.3) is 10.2 Å². The summed E-state index contributed by atoms with van der Waals surface area (Å²) in [6.45, 7) is 6.27. The Balaban J connectivity index is 1.72. The average Bonchev–Trinajstić information content (AvgIpc) is 2.91. The van der Waals surface area contributed by atoms with Crippen molar-refractivity contribution in [3.8, 4) is 5.75 Å². The van der Waals surface area contributed by atoms with Crippen molar-refractivity contribution >= 4 is 33.1 Å². The molecule has 1 N–H and O–H groups in total. The van der Waals surface area contributed by atoms with Crippen molar-refractivity contribution in [2.75, 3.05) is 5.32 Å². The number of aryl methyl sites for hydroxylation is 2. The zero-order valence-electron chi connectivity index (χ0n) is 14.4. The number of benzene rings is 2. The standard InChI is InChI=1S/C19H20N2O3S/c1-4-21-16-10-7-14(11-17(16)25-19(21)23)20-18(22)13(3)24-15-8-5-12(2)6-9-15/h5-11,13H,4H2,1-3H3,(H,20,22)/t13-/m0/s1. The molecule has 5 nitrogen and oxygen atoms in total. The highest BCUT2D eigenvalue weighted by Gasteiger charge is 2.15. The number of rotatable bonds is 5.